The minimum absolute atomic E-state index is 0.181. The Morgan fingerprint density at radius 3 is 1.93 bits per heavy atom. The average Bonchev–Trinajstić information content (AvgIpc) is 4.05. The van der Waals surface area contributed by atoms with E-state index in [9.17, 15) is 0 Å². The van der Waals surface area contributed by atoms with Crippen molar-refractivity contribution in [2.75, 3.05) is 19.3 Å². The van der Waals surface area contributed by atoms with Crippen LogP contribution in [0.1, 0.15) is 11.1 Å². The molecule has 4 aromatic heterocycles. The maximum absolute atomic E-state index is 8.14. The summed E-state index contributed by atoms with van der Waals surface area (Å²) in [7, 11) is 0. The SMILES string of the molecule is N=c1ncn(CCc2ccccc2)c2nc(Sc3cc4c(cc3Br)OCO4)[nH]c12.Nc1ncnc2c1nc(Sc1cc3c(cc1Br)OCO3)n2CCc1ccccc1. The molecular weight excluding hydrogens is 908 g/mol. The molecule has 0 amide bonds. The summed E-state index contributed by atoms with van der Waals surface area (Å²) in [4.78, 5) is 27.4. The number of hydrogen-bond donors (Lipinski definition) is 3. The first-order valence-corrected chi connectivity index (χ1v) is 21.2. The second-order valence-electron chi connectivity index (χ2n) is 13.0. The summed E-state index contributed by atoms with van der Waals surface area (Å²) in [5.41, 5.74) is 11.4. The molecule has 18 heteroatoms. The molecular formula is C40H32Br2N10O4S2. The smallest absolute Gasteiger partial charge is 0.231 e. The van der Waals surface area contributed by atoms with Gasteiger partial charge in [-0.3, -0.25) is 5.41 Å². The summed E-state index contributed by atoms with van der Waals surface area (Å²) in [5.74, 6) is 3.27. The van der Waals surface area contributed by atoms with E-state index < -0.39 is 0 Å². The van der Waals surface area contributed by atoms with Gasteiger partial charge in [-0.1, -0.05) is 84.2 Å². The van der Waals surface area contributed by atoms with E-state index in [0.717, 1.165) is 78.4 Å². The third-order valence-electron chi connectivity index (χ3n) is 9.24. The lowest BCUT2D eigenvalue weighted by molar-refractivity contribution is 0.173. The van der Waals surface area contributed by atoms with Crippen LogP contribution in [-0.4, -0.2) is 52.6 Å². The third kappa shape index (κ3) is 8.09. The third-order valence-corrected chi connectivity index (χ3v) is 13.1. The Kier molecular flexibility index (Phi) is 11.0. The molecule has 4 N–H and O–H groups in total. The van der Waals surface area contributed by atoms with Gasteiger partial charge in [0.25, 0.3) is 0 Å². The lowest BCUT2D eigenvalue weighted by atomic mass is 10.1. The van der Waals surface area contributed by atoms with Gasteiger partial charge in [-0.2, -0.15) is 0 Å². The molecule has 292 valence electrons. The van der Waals surface area contributed by atoms with E-state index in [-0.39, 0.29) is 19.1 Å². The van der Waals surface area contributed by atoms with E-state index in [1.165, 1.54) is 41.0 Å². The molecule has 10 rings (SSSR count). The molecule has 2 aliphatic rings. The molecule has 0 radical (unpaired) electrons. The molecule has 0 fully saturated rings. The van der Waals surface area contributed by atoms with Crippen LogP contribution in [0.2, 0.25) is 0 Å². The van der Waals surface area contributed by atoms with Gasteiger partial charge in [-0.05, 0) is 80.1 Å². The normalized spacial score (nSPS) is 12.6. The molecule has 0 bridgehead atoms. The number of rotatable bonds is 10. The lowest BCUT2D eigenvalue weighted by Crippen LogP contribution is -2.13. The molecule has 8 aromatic rings. The van der Waals surface area contributed by atoms with Gasteiger partial charge in [0.2, 0.25) is 13.6 Å². The summed E-state index contributed by atoms with van der Waals surface area (Å²) < 4.78 is 27.7. The monoisotopic (exact) mass is 938 g/mol. The molecule has 0 aliphatic carbocycles. The summed E-state index contributed by atoms with van der Waals surface area (Å²) in [6.07, 6.45) is 4.87. The van der Waals surface area contributed by atoms with Crippen molar-refractivity contribution < 1.29 is 18.9 Å². The zero-order valence-electron chi connectivity index (χ0n) is 30.4. The van der Waals surface area contributed by atoms with Crippen molar-refractivity contribution in [2.45, 2.75) is 46.0 Å². The number of fused-ring (bicyclic) bond motifs is 4. The molecule has 58 heavy (non-hydrogen) atoms. The number of aromatic nitrogens is 8. The van der Waals surface area contributed by atoms with E-state index in [1.54, 1.807) is 6.33 Å². The van der Waals surface area contributed by atoms with Crippen molar-refractivity contribution in [3.05, 3.63) is 123 Å². The highest BCUT2D eigenvalue weighted by Gasteiger charge is 2.22. The van der Waals surface area contributed by atoms with Crippen LogP contribution in [-0.2, 0) is 25.9 Å². The van der Waals surface area contributed by atoms with Crippen LogP contribution in [0.15, 0.2) is 127 Å². The zero-order chi connectivity index (χ0) is 39.6. The standard InChI is InChI=1S/2C20H16BrN5O2S/c21-13-8-14-15(28-11-27-14)9-16(13)29-20-24-17-18(22)23-10-26(19(17)25-20)7-6-12-4-2-1-3-5-12;21-13-8-14-15(28-11-27-14)9-16(13)29-20-25-17-18(22)23-10-24-19(17)26(20)7-6-12-4-2-1-3-5-12/h1-5,8-10,22H,6-7,11H2,(H,24,25);1-5,8-10H,6-7,11H2,(H2,22,23,24). The van der Waals surface area contributed by atoms with Crippen LogP contribution in [0.5, 0.6) is 23.0 Å². The molecule has 0 saturated carbocycles. The van der Waals surface area contributed by atoms with Gasteiger partial charge in [-0.25, -0.2) is 24.9 Å². The number of anilines is 1. The van der Waals surface area contributed by atoms with Crippen molar-refractivity contribution in [2.24, 2.45) is 0 Å². The van der Waals surface area contributed by atoms with Crippen LogP contribution >= 0.6 is 55.4 Å². The van der Waals surface area contributed by atoms with E-state index >= 15 is 0 Å². The summed E-state index contributed by atoms with van der Waals surface area (Å²) >= 11 is 10.2. The van der Waals surface area contributed by atoms with E-state index in [1.807, 2.05) is 65.2 Å². The van der Waals surface area contributed by atoms with Gasteiger partial charge in [0.05, 0.1) is 6.33 Å². The number of halogens is 2. The number of hydrogen-bond acceptors (Lipinski definition) is 13. The first-order chi connectivity index (χ1) is 28.4. The lowest BCUT2D eigenvalue weighted by Gasteiger charge is -2.10. The number of nitrogens with zero attached hydrogens (tertiary/aromatic N) is 7. The molecule has 0 atom stereocenters. The van der Waals surface area contributed by atoms with E-state index in [0.29, 0.717) is 27.8 Å². The Hall–Kier alpha value is -5.56. The average molecular weight is 941 g/mol. The largest absolute Gasteiger partial charge is 0.454 e. The zero-order valence-corrected chi connectivity index (χ0v) is 35.2. The highest BCUT2D eigenvalue weighted by Crippen LogP contribution is 2.44. The van der Waals surface area contributed by atoms with Gasteiger partial charge < -0.3 is 38.8 Å². The molecule has 6 heterocycles. The van der Waals surface area contributed by atoms with Gasteiger partial charge in [0.15, 0.2) is 61.4 Å². The van der Waals surface area contributed by atoms with Gasteiger partial charge in [0, 0.05) is 31.8 Å². The summed E-state index contributed by atoms with van der Waals surface area (Å²) in [6.45, 7) is 1.92. The van der Waals surface area contributed by atoms with Crippen LogP contribution < -0.4 is 30.2 Å². The first kappa shape index (κ1) is 38.0. The number of nitrogens with two attached hydrogens (primary N) is 1. The van der Waals surface area contributed by atoms with Crippen molar-refractivity contribution in [3.8, 4) is 23.0 Å². The predicted molar refractivity (Wildman–Crippen MR) is 227 cm³/mol. The molecule has 0 spiro atoms. The fourth-order valence-corrected chi connectivity index (χ4v) is 9.21. The Bertz CT molecular complexity index is 2840. The van der Waals surface area contributed by atoms with Crippen LogP contribution in [0.4, 0.5) is 5.82 Å². The molecule has 0 saturated heterocycles. The highest BCUT2D eigenvalue weighted by molar-refractivity contribution is 9.10. The van der Waals surface area contributed by atoms with Gasteiger partial charge in [0.1, 0.15) is 11.8 Å². The first-order valence-electron chi connectivity index (χ1n) is 17.9. The number of nitrogens with one attached hydrogen (secondary N) is 2. The predicted octanol–water partition coefficient (Wildman–Crippen LogP) is 8.42. The number of H-pyrrole nitrogens is 1. The number of nitrogen functional groups attached to an aromatic ring is 1. The quantitative estimate of drug-likeness (QED) is 0.120. The fraction of sp³-hybridized carbons (Fsp3) is 0.150. The number of imidazole rings is 2. The molecule has 0 unspecified atom stereocenters. The van der Waals surface area contributed by atoms with Crippen molar-refractivity contribution in [3.63, 3.8) is 0 Å². The summed E-state index contributed by atoms with van der Waals surface area (Å²) in [5, 5.41) is 9.63. The summed E-state index contributed by atoms with van der Waals surface area (Å²) in [6, 6.07) is 28.3. The number of benzene rings is 4. The van der Waals surface area contributed by atoms with E-state index in [4.69, 9.17) is 40.1 Å². The van der Waals surface area contributed by atoms with Crippen molar-refractivity contribution in [1.29, 1.82) is 5.41 Å². The second kappa shape index (κ2) is 16.7. The fourth-order valence-electron chi connectivity index (χ4n) is 6.32. The van der Waals surface area contributed by atoms with Crippen molar-refractivity contribution in [1.82, 2.24) is 39.0 Å². The maximum atomic E-state index is 8.14. The Balaban J connectivity index is 0.000000150. The molecule has 14 nitrogen and oxygen atoms in total. The van der Waals surface area contributed by atoms with Crippen LogP contribution in [0.25, 0.3) is 22.3 Å². The minimum atomic E-state index is 0.181. The number of aryl methyl sites for hydroxylation is 4. The van der Waals surface area contributed by atoms with Crippen LogP contribution in [0.3, 0.4) is 0 Å². The second-order valence-corrected chi connectivity index (χ2v) is 16.7. The van der Waals surface area contributed by atoms with E-state index in [2.05, 4.69) is 80.6 Å². The van der Waals surface area contributed by atoms with Crippen molar-refractivity contribution >= 4 is 83.5 Å². The Labute approximate surface area is 356 Å². The number of aromatic amines is 1. The highest BCUT2D eigenvalue weighted by atomic mass is 79.9. The molecule has 2 aliphatic heterocycles. The topological polar surface area (TPSA) is 177 Å². The Morgan fingerprint density at radius 2 is 1.29 bits per heavy atom. The van der Waals surface area contributed by atoms with Crippen LogP contribution in [0, 0.1) is 5.41 Å². The van der Waals surface area contributed by atoms with Gasteiger partial charge >= 0.3 is 0 Å². The van der Waals surface area contributed by atoms with Gasteiger partial charge in [-0.15, -0.1) is 0 Å². The maximum Gasteiger partial charge on any atom is 0.231 e. The minimum Gasteiger partial charge on any atom is -0.454 e. The Morgan fingerprint density at radius 1 is 0.707 bits per heavy atom. The number of ether oxygens (including phenoxy) is 4. The molecule has 4 aromatic carbocycles.